The molecule has 0 N–H and O–H groups in total. The van der Waals surface area contributed by atoms with Crippen LogP contribution >= 0.6 is 0 Å². The molecule has 0 aliphatic carbocycles. The van der Waals surface area contributed by atoms with Gasteiger partial charge in [0.15, 0.2) is 5.78 Å². The van der Waals surface area contributed by atoms with Crippen molar-refractivity contribution in [2.75, 3.05) is 0 Å². The van der Waals surface area contributed by atoms with Crippen molar-refractivity contribution in [3.05, 3.63) is 36.2 Å². The van der Waals surface area contributed by atoms with Crippen molar-refractivity contribution in [1.82, 2.24) is 4.90 Å². The molecule has 1 atom stereocenters. The highest BCUT2D eigenvalue weighted by Crippen LogP contribution is 2.41. The molecular formula is C13H17NO. The number of nitrogens with zero attached hydrogens (tertiary/aromatic N) is 1. The molecule has 2 aliphatic heterocycles. The highest BCUT2D eigenvalue weighted by molar-refractivity contribution is 6.03. The first-order valence-corrected chi connectivity index (χ1v) is 5.28. The summed E-state index contributed by atoms with van der Waals surface area (Å²) in [5, 5.41) is 0. The average molecular weight is 203 g/mol. The summed E-state index contributed by atoms with van der Waals surface area (Å²) in [6.45, 7) is 8.35. The highest BCUT2D eigenvalue weighted by Gasteiger charge is 2.45. The molecule has 0 aromatic heterocycles. The van der Waals surface area contributed by atoms with Gasteiger partial charge in [0.1, 0.15) is 5.54 Å². The molecule has 2 heteroatoms. The van der Waals surface area contributed by atoms with E-state index in [0.29, 0.717) is 0 Å². The minimum Gasteiger partial charge on any atom is -0.334 e. The summed E-state index contributed by atoms with van der Waals surface area (Å²) in [7, 11) is 0. The van der Waals surface area contributed by atoms with Gasteiger partial charge >= 0.3 is 0 Å². The first kappa shape index (κ1) is 10.2. The van der Waals surface area contributed by atoms with Crippen LogP contribution in [-0.4, -0.2) is 16.2 Å². The van der Waals surface area contributed by atoms with Gasteiger partial charge in [-0.25, -0.2) is 0 Å². The molecule has 2 aliphatic rings. The quantitative estimate of drug-likeness (QED) is 0.603. The van der Waals surface area contributed by atoms with Crippen LogP contribution in [0.3, 0.4) is 0 Å². The Labute approximate surface area is 91.0 Å². The van der Waals surface area contributed by atoms with E-state index in [-0.39, 0.29) is 11.2 Å². The Morgan fingerprint density at radius 1 is 1.27 bits per heavy atom. The maximum Gasteiger partial charge on any atom is 0.186 e. The van der Waals surface area contributed by atoms with Crippen LogP contribution in [0, 0.1) is 5.41 Å². The van der Waals surface area contributed by atoms with Gasteiger partial charge in [0, 0.05) is 23.4 Å². The maximum absolute atomic E-state index is 12.0. The van der Waals surface area contributed by atoms with E-state index < -0.39 is 5.54 Å². The molecule has 2 rings (SSSR count). The molecule has 2 heterocycles. The lowest BCUT2D eigenvalue weighted by molar-refractivity contribution is -0.119. The van der Waals surface area contributed by atoms with Crippen molar-refractivity contribution in [2.45, 2.75) is 33.2 Å². The van der Waals surface area contributed by atoms with Gasteiger partial charge in [-0.3, -0.25) is 4.79 Å². The Morgan fingerprint density at radius 3 is 2.53 bits per heavy atom. The second-order valence-corrected chi connectivity index (χ2v) is 5.36. The Kier molecular flexibility index (Phi) is 1.94. The standard InChI is InChI=1S/C13H17NO/c1-12(2,3)10-9-11(15)13(4)7-5-6-8-14(10)13/h5-9H,1-4H3. The lowest BCUT2D eigenvalue weighted by atomic mass is 9.91. The van der Waals surface area contributed by atoms with Gasteiger partial charge < -0.3 is 4.90 Å². The predicted molar refractivity (Wildman–Crippen MR) is 61.1 cm³/mol. The fourth-order valence-corrected chi connectivity index (χ4v) is 2.06. The fraction of sp³-hybridized carbons (Fsp3) is 0.462. The lowest BCUT2D eigenvalue weighted by Gasteiger charge is -2.38. The molecule has 2 nitrogen and oxygen atoms in total. The summed E-state index contributed by atoms with van der Waals surface area (Å²) < 4.78 is 0. The summed E-state index contributed by atoms with van der Waals surface area (Å²) in [5.41, 5.74) is 0.607. The first-order chi connectivity index (χ1) is 6.86. The molecule has 0 fully saturated rings. The molecular weight excluding hydrogens is 186 g/mol. The fourth-order valence-electron chi connectivity index (χ4n) is 2.06. The molecule has 0 radical (unpaired) electrons. The van der Waals surface area contributed by atoms with Crippen LogP contribution < -0.4 is 0 Å². The number of allylic oxidation sites excluding steroid dienone is 3. The first-order valence-electron chi connectivity index (χ1n) is 5.28. The minimum atomic E-state index is -0.489. The molecule has 0 amide bonds. The van der Waals surface area contributed by atoms with Gasteiger partial charge in [-0.1, -0.05) is 32.9 Å². The summed E-state index contributed by atoms with van der Waals surface area (Å²) in [6, 6.07) is 0. The smallest absolute Gasteiger partial charge is 0.186 e. The number of fused-ring (bicyclic) bond motifs is 1. The molecule has 15 heavy (non-hydrogen) atoms. The van der Waals surface area contributed by atoms with Crippen LogP contribution in [-0.2, 0) is 4.79 Å². The van der Waals surface area contributed by atoms with Gasteiger partial charge in [0.05, 0.1) is 0 Å². The third-order valence-corrected chi connectivity index (χ3v) is 3.06. The van der Waals surface area contributed by atoms with Crippen LogP contribution in [0.5, 0.6) is 0 Å². The molecule has 1 unspecified atom stereocenters. The number of rotatable bonds is 0. The van der Waals surface area contributed by atoms with Crippen molar-refractivity contribution in [1.29, 1.82) is 0 Å². The van der Waals surface area contributed by atoms with E-state index in [9.17, 15) is 4.79 Å². The van der Waals surface area contributed by atoms with E-state index >= 15 is 0 Å². The molecule has 0 aromatic rings. The number of carbonyl (C=O) groups is 1. The molecule has 80 valence electrons. The van der Waals surface area contributed by atoms with Crippen LogP contribution in [0.15, 0.2) is 36.2 Å². The van der Waals surface area contributed by atoms with Gasteiger partial charge in [0.25, 0.3) is 0 Å². The monoisotopic (exact) mass is 203 g/mol. The zero-order valence-corrected chi connectivity index (χ0v) is 9.74. The van der Waals surface area contributed by atoms with Gasteiger partial charge in [0.2, 0.25) is 0 Å². The second-order valence-electron chi connectivity index (χ2n) is 5.36. The number of carbonyl (C=O) groups excluding carboxylic acids is 1. The van der Waals surface area contributed by atoms with Gasteiger partial charge in [-0.2, -0.15) is 0 Å². The second kappa shape index (κ2) is 2.84. The van der Waals surface area contributed by atoms with E-state index in [1.165, 1.54) is 0 Å². The van der Waals surface area contributed by atoms with Crippen molar-refractivity contribution < 1.29 is 4.79 Å². The average Bonchev–Trinajstić information content (AvgIpc) is 2.39. The van der Waals surface area contributed by atoms with Crippen molar-refractivity contribution in [3.8, 4) is 0 Å². The molecule has 0 spiro atoms. The van der Waals surface area contributed by atoms with E-state index in [0.717, 1.165) is 5.70 Å². The molecule has 0 aromatic carbocycles. The van der Waals surface area contributed by atoms with Gasteiger partial charge in [-0.15, -0.1) is 0 Å². The topological polar surface area (TPSA) is 20.3 Å². The SMILES string of the molecule is CC(C)(C)C1=CC(=O)C2(C)C=CC=CN12. The van der Waals surface area contributed by atoms with E-state index in [2.05, 4.69) is 25.7 Å². The molecule has 0 bridgehead atoms. The Morgan fingerprint density at radius 2 is 1.93 bits per heavy atom. The number of hydrogen-bond acceptors (Lipinski definition) is 2. The zero-order chi connectivity index (χ0) is 11.3. The third-order valence-electron chi connectivity index (χ3n) is 3.06. The minimum absolute atomic E-state index is 0.00292. The number of ketones is 1. The summed E-state index contributed by atoms with van der Waals surface area (Å²) in [5.74, 6) is 0.174. The van der Waals surface area contributed by atoms with E-state index in [1.807, 2.05) is 31.4 Å². The van der Waals surface area contributed by atoms with Crippen molar-refractivity contribution in [3.63, 3.8) is 0 Å². The Hall–Kier alpha value is -1.31. The summed E-state index contributed by atoms with van der Waals surface area (Å²) in [4.78, 5) is 14.1. The van der Waals surface area contributed by atoms with Crippen LogP contribution in [0.1, 0.15) is 27.7 Å². The van der Waals surface area contributed by atoms with E-state index in [4.69, 9.17) is 0 Å². The van der Waals surface area contributed by atoms with Crippen LogP contribution in [0.25, 0.3) is 0 Å². The number of hydrogen-bond donors (Lipinski definition) is 0. The highest BCUT2D eigenvalue weighted by atomic mass is 16.1. The van der Waals surface area contributed by atoms with Crippen LogP contribution in [0.2, 0.25) is 0 Å². The maximum atomic E-state index is 12.0. The zero-order valence-electron chi connectivity index (χ0n) is 9.74. The molecule has 0 saturated heterocycles. The predicted octanol–water partition coefficient (Wildman–Crippen LogP) is 2.64. The van der Waals surface area contributed by atoms with Crippen LogP contribution in [0.4, 0.5) is 0 Å². The van der Waals surface area contributed by atoms with E-state index in [1.54, 1.807) is 6.08 Å². The molecule has 0 saturated carbocycles. The van der Waals surface area contributed by atoms with Gasteiger partial charge in [-0.05, 0) is 13.0 Å². The summed E-state index contributed by atoms with van der Waals surface area (Å²) >= 11 is 0. The van der Waals surface area contributed by atoms with Crippen molar-refractivity contribution in [2.24, 2.45) is 5.41 Å². The largest absolute Gasteiger partial charge is 0.334 e. The normalized spacial score (nSPS) is 29.5. The van der Waals surface area contributed by atoms with Crippen molar-refractivity contribution >= 4 is 5.78 Å². The lowest BCUT2D eigenvalue weighted by Crippen LogP contribution is -2.44. The Balaban J connectivity index is 2.48. The Bertz CT molecular complexity index is 395. The third kappa shape index (κ3) is 1.36. The summed E-state index contributed by atoms with van der Waals surface area (Å²) in [6.07, 6.45) is 9.64.